The molecule has 0 saturated carbocycles. The lowest BCUT2D eigenvalue weighted by atomic mass is 10.2. The van der Waals surface area contributed by atoms with E-state index in [2.05, 4.69) is 14.8 Å². The normalized spacial score (nSPS) is 14.2. The summed E-state index contributed by atoms with van der Waals surface area (Å²) in [4.78, 5) is 0. The van der Waals surface area contributed by atoms with E-state index in [4.69, 9.17) is 4.74 Å². The number of halogens is 1. The summed E-state index contributed by atoms with van der Waals surface area (Å²) in [5.74, 6) is 2.12. The highest BCUT2D eigenvalue weighted by Crippen LogP contribution is 2.19. The van der Waals surface area contributed by atoms with E-state index in [0.717, 1.165) is 31.0 Å². The summed E-state index contributed by atoms with van der Waals surface area (Å²) in [5, 5.41) is 8.31. The van der Waals surface area contributed by atoms with Gasteiger partial charge in [0.25, 0.3) is 0 Å². The van der Waals surface area contributed by atoms with E-state index < -0.39 is 0 Å². The van der Waals surface area contributed by atoms with Crippen LogP contribution in [0.4, 0.5) is 4.39 Å². The Bertz CT molecular complexity index is 594. The minimum absolute atomic E-state index is 0.249. The summed E-state index contributed by atoms with van der Waals surface area (Å²) in [6.07, 6.45) is 3.30. The van der Waals surface area contributed by atoms with Crippen LogP contribution in [0.25, 0.3) is 0 Å². The van der Waals surface area contributed by atoms with E-state index in [1.165, 1.54) is 12.5 Å². The number of fused-ring (bicyclic) bond motifs is 1. The van der Waals surface area contributed by atoms with Gasteiger partial charge in [-0.2, -0.15) is 0 Å². The zero-order chi connectivity index (χ0) is 13.2. The molecule has 1 aromatic heterocycles. The minimum atomic E-state index is -0.249. The van der Waals surface area contributed by atoms with Crippen LogP contribution in [-0.4, -0.2) is 14.8 Å². The van der Waals surface area contributed by atoms with Gasteiger partial charge in [0, 0.05) is 19.0 Å². The lowest BCUT2D eigenvalue weighted by Crippen LogP contribution is -2.14. The van der Waals surface area contributed by atoms with E-state index in [1.807, 2.05) is 0 Å². The fraction of sp³-hybridized carbons (Fsp3) is 0.429. The molecule has 5 heteroatoms. The highest BCUT2D eigenvalue weighted by Gasteiger charge is 2.15. The second-order valence-electron chi connectivity index (χ2n) is 4.84. The summed E-state index contributed by atoms with van der Waals surface area (Å²) >= 11 is 0. The number of aromatic nitrogens is 3. The molecule has 19 heavy (non-hydrogen) atoms. The Morgan fingerprint density at radius 1 is 1.32 bits per heavy atom. The zero-order valence-corrected chi connectivity index (χ0v) is 10.9. The topological polar surface area (TPSA) is 39.9 Å². The van der Waals surface area contributed by atoms with E-state index >= 15 is 0 Å². The van der Waals surface area contributed by atoms with Crippen LogP contribution in [0, 0.1) is 12.7 Å². The first-order chi connectivity index (χ1) is 9.24. The lowest BCUT2D eigenvalue weighted by Gasteiger charge is -2.15. The SMILES string of the molecule is Cc1ccc(OCc2nnc3n2CCCC3)cc1F. The monoisotopic (exact) mass is 261 g/mol. The maximum absolute atomic E-state index is 13.4. The van der Waals surface area contributed by atoms with Crippen LogP contribution in [0.3, 0.4) is 0 Å². The second-order valence-corrected chi connectivity index (χ2v) is 4.84. The number of ether oxygens (including phenoxy) is 1. The molecule has 0 spiro atoms. The van der Waals surface area contributed by atoms with Crippen LogP contribution in [0.1, 0.15) is 30.1 Å². The van der Waals surface area contributed by atoms with Gasteiger partial charge in [-0.05, 0) is 31.4 Å². The van der Waals surface area contributed by atoms with Crippen LogP contribution < -0.4 is 4.74 Å². The first kappa shape index (κ1) is 12.1. The van der Waals surface area contributed by atoms with Gasteiger partial charge in [0.2, 0.25) is 0 Å². The van der Waals surface area contributed by atoms with Crippen LogP contribution in [0.15, 0.2) is 18.2 Å². The van der Waals surface area contributed by atoms with Crippen molar-refractivity contribution in [2.75, 3.05) is 0 Å². The molecule has 2 heterocycles. The van der Waals surface area contributed by atoms with Crippen molar-refractivity contribution in [1.82, 2.24) is 14.8 Å². The van der Waals surface area contributed by atoms with Crippen molar-refractivity contribution >= 4 is 0 Å². The standard InChI is InChI=1S/C14H16FN3O/c1-10-5-6-11(8-12(10)15)19-9-14-17-16-13-4-2-3-7-18(13)14/h5-6,8H,2-4,7,9H2,1H3. The van der Waals surface area contributed by atoms with Crippen molar-refractivity contribution < 1.29 is 9.13 Å². The molecule has 0 radical (unpaired) electrons. The molecule has 0 aliphatic carbocycles. The molecule has 2 aromatic rings. The average molecular weight is 261 g/mol. The number of hydrogen-bond acceptors (Lipinski definition) is 3. The molecular formula is C14H16FN3O. The number of benzene rings is 1. The molecular weight excluding hydrogens is 245 g/mol. The first-order valence-electron chi connectivity index (χ1n) is 6.54. The van der Waals surface area contributed by atoms with Gasteiger partial charge in [0.1, 0.15) is 24.0 Å². The summed E-state index contributed by atoms with van der Waals surface area (Å²) in [5.41, 5.74) is 0.618. The maximum Gasteiger partial charge on any atom is 0.171 e. The molecule has 0 saturated heterocycles. The van der Waals surface area contributed by atoms with Gasteiger partial charge in [0.05, 0.1) is 0 Å². The van der Waals surface area contributed by atoms with Gasteiger partial charge in [0.15, 0.2) is 5.82 Å². The Balaban J connectivity index is 1.72. The molecule has 100 valence electrons. The Morgan fingerprint density at radius 3 is 3.05 bits per heavy atom. The van der Waals surface area contributed by atoms with Crippen LogP contribution in [0.2, 0.25) is 0 Å². The van der Waals surface area contributed by atoms with E-state index in [1.54, 1.807) is 19.1 Å². The van der Waals surface area contributed by atoms with E-state index in [0.29, 0.717) is 17.9 Å². The van der Waals surface area contributed by atoms with Gasteiger partial charge in [-0.3, -0.25) is 0 Å². The maximum atomic E-state index is 13.4. The number of aryl methyl sites for hydroxylation is 2. The molecule has 0 N–H and O–H groups in total. The van der Waals surface area contributed by atoms with Gasteiger partial charge in [-0.25, -0.2) is 4.39 Å². The first-order valence-corrected chi connectivity index (χ1v) is 6.54. The molecule has 1 aliphatic rings. The van der Waals surface area contributed by atoms with Gasteiger partial charge >= 0.3 is 0 Å². The minimum Gasteiger partial charge on any atom is -0.486 e. The van der Waals surface area contributed by atoms with Gasteiger partial charge in [-0.15, -0.1) is 10.2 Å². The van der Waals surface area contributed by atoms with Crippen LogP contribution in [-0.2, 0) is 19.6 Å². The third-order valence-electron chi connectivity index (χ3n) is 3.45. The van der Waals surface area contributed by atoms with Crippen LogP contribution in [0.5, 0.6) is 5.75 Å². The predicted molar refractivity (Wildman–Crippen MR) is 68.4 cm³/mol. The average Bonchev–Trinajstić information content (AvgIpc) is 2.83. The third kappa shape index (κ3) is 2.45. The molecule has 0 fully saturated rings. The molecule has 4 nitrogen and oxygen atoms in total. The Hall–Kier alpha value is -1.91. The predicted octanol–water partition coefficient (Wildman–Crippen LogP) is 2.64. The smallest absolute Gasteiger partial charge is 0.171 e. The molecule has 0 unspecified atom stereocenters. The molecule has 0 atom stereocenters. The Kier molecular flexibility index (Phi) is 3.19. The number of hydrogen-bond donors (Lipinski definition) is 0. The van der Waals surface area contributed by atoms with Crippen molar-refractivity contribution in [3.8, 4) is 5.75 Å². The van der Waals surface area contributed by atoms with Crippen molar-refractivity contribution in [1.29, 1.82) is 0 Å². The highest BCUT2D eigenvalue weighted by atomic mass is 19.1. The molecule has 1 aromatic carbocycles. The van der Waals surface area contributed by atoms with Crippen molar-refractivity contribution in [3.05, 3.63) is 41.2 Å². The quantitative estimate of drug-likeness (QED) is 0.852. The highest BCUT2D eigenvalue weighted by molar-refractivity contribution is 5.28. The van der Waals surface area contributed by atoms with Gasteiger partial charge in [-0.1, -0.05) is 6.07 Å². The second kappa shape index (κ2) is 4.99. The number of nitrogens with zero attached hydrogens (tertiary/aromatic N) is 3. The fourth-order valence-corrected chi connectivity index (χ4v) is 2.29. The summed E-state index contributed by atoms with van der Waals surface area (Å²) in [7, 11) is 0. The van der Waals surface area contributed by atoms with Crippen LogP contribution >= 0.6 is 0 Å². The number of rotatable bonds is 3. The Labute approximate surface area is 111 Å². The molecule has 3 rings (SSSR count). The van der Waals surface area contributed by atoms with E-state index in [-0.39, 0.29) is 5.82 Å². The largest absolute Gasteiger partial charge is 0.486 e. The fourth-order valence-electron chi connectivity index (χ4n) is 2.29. The third-order valence-corrected chi connectivity index (χ3v) is 3.45. The summed E-state index contributed by atoms with van der Waals surface area (Å²) in [6, 6.07) is 4.89. The molecule has 0 bridgehead atoms. The van der Waals surface area contributed by atoms with Crippen molar-refractivity contribution in [3.63, 3.8) is 0 Å². The van der Waals surface area contributed by atoms with Crippen molar-refractivity contribution in [2.24, 2.45) is 0 Å². The summed E-state index contributed by atoms with van der Waals surface area (Å²) in [6.45, 7) is 3.01. The molecule has 0 amide bonds. The molecule has 1 aliphatic heterocycles. The van der Waals surface area contributed by atoms with E-state index in [9.17, 15) is 4.39 Å². The van der Waals surface area contributed by atoms with Crippen molar-refractivity contribution in [2.45, 2.75) is 39.3 Å². The Morgan fingerprint density at radius 2 is 2.21 bits per heavy atom. The van der Waals surface area contributed by atoms with Gasteiger partial charge < -0.3 is 9.30 Å². The zero-order valence-electron chi connectivity index (χ0n) is 10.9. The summed E-state index contributed by atoms with van der Waals surface area (Å²) < 4.78 is 21.1. The lowest BCUT2D eigenvalue weighted by molar-refractivity contribution is 0.284.